The van der Waals surface area contributed by atoms with Crippen LogP contribution in [0.25, 0.3) is 11.2 Å². The van der Waals surface area contributed by atoms with Crippen LogP contribution < -0.4 is 16.6 Å². The van der Waals surface area contributed by atoms with Crippen LogP contribution >= 0.6 is 11.6 Å². The van der Waals surface area contributed by atoms with Gasteiger partial charge < -0.3 is 9.88 Å². The number of anilines is 1. The summed E-state index contributed by atoms with van der Waals surface area (Å²) in [6.45, 7) is 3.11. The molecule has 2 aromatic heterocycles. The second kappa shape index (κ2) is 8.00. The maximum Gasteiger partial charge on any atom is 0.332 e. The first-order valence-corrected chi connectivity index (χ1v) is 9.46. The third kappa shape index (κ3) is 3.78. The van der Waals surface area contributed by atoms with E-state index in [2.05, 4.69) is 17.2 Å². The molecule has 0 aliphatic rings. The quantitative estimate of drug-likeness (QED) is 0.630. The molecule has 0 aliphatic heterocycles. The summed E-state index contributed by atoms with van der Waals surface area (Å²) in [5.74, 6) is 0.595. The first-order chi connectivity index (χ1) is 12.9. The Morgan fingerprint density at radius 1 is 1.07 bits per heavy atom. The standard InChI is InChI=1S/C19H24ClN5O2/c1-4-5-6-11-21-18-22-16-15(23(18)2)17(26)25(19(27)24(16)3)12-13-7-9-14(20)10-8-13/h7-10H,4-6,11-12H2,1-3H3,(H,21,22). The van der Waals surface area contributed by atoms with E-state index >= 15 is 0 Å². The molecule has 0 saturated carbocycles. The summed E-state index contributed by atoms with van der Waals surface area (Å²) in [7, 11) is 3.42. The Balaban J connectivity index is 2.03. The summed E-state index contributed by atoms with van der Waals surface area (Å²) in [6, 6.07) is 7.10. The molecular weight excluding hydrogens is 366 g/mol. The predicted molar refractivity (Wildman–Crippen MR) is 109 cm³/mol. The van der Waals surface area contributed by atoms with Gasteiger partial charge in [0.1, 0.15) is 0 Å². The van der Waals surface area contributed by atoms with Crippen LogP contribution in [-0.2, 0) is 20.6 Å². The Morgan fingerprint density at radius 3 is 2.44 bits per heavy atom. The van der Waals surface area contributed by atoms with E-state index in [1.807, 2.05) is 12.1 Å². The van der Waals surface area contributed by atoms with Gasteiger partial charge in [0.25, 0.3) is 5.56 Å². The molecule has 0 amide bonds. The van der Waals surface area contributed by atoms with Gasteiger partial charge in [-0.15, -0.1) is 0 Å². The van der Waals surface area contributed by atoms with Crippen LogP contribution in [0.4, 0.5) is 5.95 Å². The fourth-order valence-electron chi connectivity index (χ4n) is 3.09. The smallest absolute Gasteiger partial charge is 0.332 e. The topological polar surface area (TPSA) is 73.8 Å². The lowest BCUT2D eigenvalue weighted by Crippen LogP contribution is -2.39. The largest absolute Gasteiger partial charge is 0.356 e. The van der Waals surface area contributed by atoms with Crippen LogP contribution in [0.5, 0.6) is 0 Å². The Kier molecular flexibility index (Phi) is 5.70. The van der Waals surface area contributed by atoms with E-state index < -0.39 is 5.69 Å². The molecule has 144 valence electrons. The molecule has 2 heterocycles. The zero-order chi connectivity index (χ0) is 19.6. The molecule has 27 heavy (non-hydrogen) atoms. The molecule has 1 N–H and O–H groups in total. The first kappa shape index (κ1) is 19.2. The summed E-state index contributed by atoms with van der Waals surface area (Å²) in [5, 5.41) is 3.87. The van der Waals surface area contributed by atoms with Crippen molar-refractivity contribution in [1.29, 1.82) is 0 Å². The second-order valence-electron chi connectivity index (χ2n) is 6.66. The number of aryl methyl sites for hydroxylation is 2. The average Bonchev–Trinajstić information content (AvgIpc) is 2.99. The summed E-state index contributed by atoms with van der Waals surface area (Å²) in [6.07, 6.45) is 3.29. The molecule has 3 rings (SSSR count). The molecule has 1 aromatic carbocycles. The molecule has 0 unspecified atom stereocenters. The van der Waals surface area contributed by atoms with Crippen molar-refractivity contribution >= 4 is 28.7 Å². The number of unbranched alkanes of at least 4 members (excludes halogenated alkanes) is 2. The molecular formula is C19H24ClN5O2. The van der Waals surface area contributed by atoms with Gasteiger partial charge in [-0.05, 0) is 24.1 Å². The Hall–Kier alpha value is -2.54. The van der Waals surface area contributed by atoms with Gasteiger partial charge in [0.05, 0.1) is 6.54 Å². The first-order valence-electron chi connectivity index (χ1n) is 9.08. The number of imidazole rings is 1. The van der Waals surface area contributed by atoms with Crippen molar-refractivity contribution in [2.24, 2.45) is 14.1 Å². The highest BCUT2D eigenvalue weighted by molar-refractivity contribution is 6.30. The Bertz CT molecular complexity index is 1060. The van der Waals surface area contributed by atoms with Crippen molar-refractivity contribution in [3.63, 3.8) is 0 Å². The maximum atomic E-state index is 13.0. The number of aromatic nitrogens is 4. The third-order valence-corrected chi connectivity index (χ3v) is 4.93. The van der Waals surface area contributed by atoms with E-state index in [1.165, 1.54) is 9.13 Å². The van der Waals surface area contributed by atoms with E-state index in [0.29, 0.717) is 22.1 Å². The van der Waals surface area contributed by atoms with E-state index in [0.717, 1.165) is 31.4 Å². The molecule has 8 heteroatoms. The minimum absolute atomic E-state index is 0.184. The van der Waals surface area contributed by atoms with Gasteiger partial charge in [0.2, 0.25) is 5.95 Å². The van der Waals surface area contributed by atoms with Crippen LogP contribution in [0.15, 0.2) is 33.9 Å². The van der Waals surface area contributed by atoms with Crippen molar-refractivity contribution < 1.29 is 0 Å². The zero-order valence-electron chi connectivity index (χ0n) is 15.8. The number of nitrogens with zero attached hydrogens (tertiary/aromatic N) is 4. The number of fused-ring (bicyclic) bond motifs is 1. The van der Waals surface area contributed by atoms with Crippen molar-refractivity contribution in [3.8, 4) is 0 Å². The molecule has 7 nitrogen and oxygen atoms in total. The number of benzene rings is 1. The maximum absolute atomic E-state index is 13.0. The van der Waals surface area contributed by atoms with Crippen LogP contribution in [0.2, 0.25) is 5.02 Å². The number of rotatable bonds is 7. The SMILES string of the molecule is CCCCCNc1nc2c(c(=O)n(Cc3ccc(Cl)cc3)c(=O)n2C)n1C. The normalized spacial score (nSPS) is 11.3. The summed E-state index contributed by atoms with van der Waals surface area (Å²) in [4.78, 5) is 30.2. The lowest BCUT2D eigenvalue weighted by atomic mass is 10.2. The number of hydrogen-bond donors (Lipinski definition) is 1. The van der Waals surface area contributed by atoms with E-state index in [1.54, 1.807) is 30.8 Å². The fourth-order valence-corrected chi connectivity index (χ4v) is 3.21. The van der Waals surface area contributed by atoms with Gasteiger partial charge in [0, 0.05) is 25.7 Å². The molecule has 0 spiro atoms. The zero-order valence-corrected chi connectivity index (χ0v) is 16.6. The van der Waals surface area contributed by atoms with E-state index in [-0.39, 0.29) is 12.1 Å². The highest BCUT2D eigenvalue weighted by Crippen LogP contribution is 2.14. The average molecular weight is 390 g/mol. The summed E-state index contributed by atoms with van der Waals surface area (Å²) >= 11 is 5.91. The molecule has 0 bridgehead atoms. The molecule has 0 saturated heterocycles. The monoisotopic (exact) mass is 389 g/mol. The van der Waals surface area contributed by atoms with Gasteiger partial charge in [-0.3, -0.25) is 13.9 Å². The molecule has 3 aromatic rings. The van der Waals surface area contributed by atoms with Crippen molar-refractivity contribution in [3.05, 3.63) is 55.7 Å². The van der Waals surface area contributed by atoms with Gasteiger partial charge >= 0.3 is 5.69 Å². The summed E-state index contributed by atoms with van der Waals surface area (Å²) in [5.41, 5.74) is 0.887. The second-order valence-corrected chi connectivity index (χ2v) is 7.10. The molecule has 0 aliphatic carbocycles. The van der Waals surface area contributed by atoms with Gasteiger partial charge in [-0.1, -0.05) is 43.5 Å². The van der Waals surface area contributed by atoms with E-state index in [9.17, 15) is 9.59 Å². The number of hydrogen-bond acceptors (Lipinski definition) is 4. The number of halogens is 1. The Labute approximate surface area is 162 Å². The minimum Gasteiger partial charge on any atom is -0.356 e. The van der Waals surface area contributed by atoms with Crippen LogP contribution in [0, 0.1) is 0 Å². The van der Waals surface area contributed by atoms with Crippen molar-refractivity contribution in [1.82, 2.24) is 18.7 Å². The highest BCUT2D eigenvalue weighted by atomic mass is 35.5. The molecule has 0 radical (unpaired) electrons. The number of nitrogens with one attached hydrogen (secondary N) is 1. The third-order valence-electron chi connectivity index (χ3n) is 4.68. The van der Waals surface area contributed by atoms with Crippen LogP contribution in [0.1, 0.15) is 31.7 Å². The van der Waals surface area contributed by atoms with Crippen LogP contribution in [0.3, 0.4) is 0 Å². The van der Waals surface area contributed by atoms with Gasteiger partial charge in [0.15, 0.2) is 11.2 Å². The summed E-state index contributed by atoms with van der Waals surface area (Å²) < 4.78 is 4.37. The minimum atomic E-state index is -0.391. The van der Waals surface area contributed by atoms with Crippen LogP contribution in [-0.4, -0.2) is 25.2 Å². The molecule has 0 fully saturated rings. The highest BCUT2D eigenvalue weighted by Gasteiger charge is 2.18. The van der Waals surface area contributed by atoms with E-state index in [4.69, 9.17) is 11.6 Å². The van der Waals surface area contributed by atoms with Crippen molar-refractivity contribution in [2.75, 3.05) is 11.9 Å². The van der Waals surface area contributed by atoms with Gasteiger partial charge in [-0.25, -0.2) is 4.79 Å². The fraction of sp³-hybridized carbons (Fsp3) is 0.421. The van der Waals surface area contributed by atoms with Crippen molar-refractivity contribution in [2.45, 2.75) is 32.7 Å². The Morgan fingerprint density at radius 2 is 1.78 bits per heavy atom. The predicted octanol–water partition coefficient (Wildman–Crippen LogP) is 2.74. The lowest BCUT2D eigenvalue weighted by Gasteiger charge is -2.09. The van der Waals surface area contributed by atoms with Gasteiger partial charge in [-0.2, -0.15) is 4.98 Å². The lowest BCUT2D eigenvalue weighted by molar-refractivity contribution is 0.655. The molecule has 0 atom stereocenters.